The van der Waals surface area contributed by atoms with Gasteiger partial charge in [0, 0.05) is 24.2 Å². The van der Waals surface area contributed by atoms with Gasteiger partial charge in [-0.1, -0.05) is 30.3 Å². The lowest BCUT2D eigenvalue weighted by molar-refractivity contribution is -0.134. The van der Waals surface area contributed by atoms with Crippen molar-refractivity contribution in [3.63, 3.8) is 0 Å². The molecule has 0 saturated carbocycles. The lowest BCUT2D eigenvalue weighted by Gasteiger charge is -2.32. The number of hydrogen-bond donors (Lipinski definition) is 3. The van der Waals surface area contributed by atoms with Crippen LogP contribution in [0, 0.1) is 5.92 Å². The summed E-state index contributed by atoms with van der Waals surface area (Å²) in [6.45, 7) is 2.83. The molecule has 160 valence electrons. The second-order valence-corrected chi connectivity index (χ2v) is 8.05. The number of anilines is 1. The lowest BCUT2D eigenvalue weighted by atomic mass is 9.89. The normalized spacial score (nSPS) is 16.2. The van der Waals surface area contributed by atoms with Crippen LogP contribution < -0.4 is 5.32 Å². The number of aliphatic hydroxyl groups excluding tert-OH is 1. The van der Waals surface area contributed by atoms with Crippen LogP contribution in [0.5, 0.6) is 0 Å². The van der Waals surface area contributed by atoms with Crippen LogP contribution in [0.15, 0.2) is 54.6 Å². The van der Waals surface area contributed by atoms with Gasteiger partial charge in [0.15, 0.2) is 5.78 Å². The van der Waals surface area contributed by atoms with Crippen molar-refractivity contribution >= 4 is 17.4 Å². The quantitative estimate of drug-likeness (QED) is 0.520. The molecule has 1 aliphatic rings. The molecule has 0 amide bonds. The average molecular weight is 411 g/mol. The van der Waals surface area contributed by atoms with E-state index in [2.05, 4.69) is 34.5 Å². The van der Waals surface area contributed by atoms with Crippen molar-refractivity contribution in [2.75, 3.05) is 25.0 Å². The SMILES string of the molecule is O=C(O)CNc1ccc(C(=O)CC(O)CC2CCN(Cc3ccccc3)CC2)cc1. The van der Waals surface area contributed by atoms with Gasteiger partial charge < -0.3 is 15.5 Å². The van der Waals surface area contributed by atoms with E-state index in [1.807, 2.05) is 6.07 Å². The van der Waals surface area contributed by atoms with Gasteiger partial charge in [0.25, 0.3) is 0 Å². The number of nitrogens with one attached hydrogen (secondary N) is 1. The molecule has 2 aromatic rings. The molecule has 1 unspecified atom stereocenters. The topological polar surface area (TPSA) is 89.9 Å². The maximum absolute atomic E-state index is 12.4. The van der Waals surface area contributed by atoms with Crippen LogP contribution >= 0.6 is 0 Å². The summed E-state index contributed by atoms with van der Waals surface area (Å²) in [6, 6.07) is 17.2. The first kappa shape index (κ1) is 22.0. The van der Waals surface area contributed by atoms with Crippen LogP contribution in [0.1, 0.15) is 41.6 Å². The Morgan fingerprint density at radius 3 is 2.33 bits per heavy atom. The van der Waals surface area contributed by atoms with E-state index in [1.165, 1.54) is 5.56 Å². The number of carbonyl (C=O) groups is 2. The zero-order chi connectivity index (χ0) is 21.3. The van der Waals surface area contributed by atoms with Crippen LogP contribution in [0.4, 0.5) is 5.69 Å². The summed E-state index contributed by atoms with van der Waals surface area (Å²) >= 11 is 0. The van der Waals surface area contributed by atoms with E-state index in [0.717, 1.165) is 32.5 Å². The third-order valence-corrected chi connectivity index (χ3v) is 5.63. The highest BCUT2D eigenvalue weighted by Gasteiger charge is 2.23. The van der Waals surface area contributed by atoms with Gasteiger partial charge in [-0.3, -0.25) is 14.5 Å². The number of carboxylic acids is 1. The minimum absolute atomic E-state index is 0.0891. The molecule has 1 fully saturated rings. The maximum Gasteiger partial charge on any atom is 0.322 e. The van der Waals surface area contributed by atoms with Crippen LogP contribution in [0.25, 0.3) is 0 Å². The molecule has 30 heavy (non-hydrogen) atoms. The number of nitrogens with zero attached hydrogens (tertiary/aromatic N) is 1. The molecule has 0 aliphatic carbocycles. The Labute approximate surface area is 177 Å². The summed E-state index contributed by atoms with van der Waals surface area (Å²) in [5.41, 5.74) is 2.51. The summed E-state index contributed by atoms with van der Waals surface area (Å²) < 4.78 is 0. The Hall–Kier alpha value is -2.70. The highest BCUT2D eigenvalue weighted by molar-refractivity contribution is 5.96. The first-order valence-corrected chi connectivity index (χ1v) is 10.5. The van der Waals surface area contributed by atoms with Crippen LogP contribution in [-0.2, 0) is 11.3 Å². The van der Waals surface area contributed by atoms with Gasteiger partial charge in [-0.15, -0.1) is 0 Å². The van der Waals surface area contributed by atoms with Crippen molar-refractivity contribution in [1.29, 1.82) is 0 Å². The fourth-order valence-corrected chi connectivity index (χ4v) is 3.97. The molecule has 1 heterocycles. The summed E-state index contributed by atoms with van der Waals surface area (Å²) in [5, 5.41) is 21.9. The van der Waals surface area contributed by atoms with Gasteiger partial charge in [-0.05, 0) is 68.1 Å². The largest absolute Gasteiger partial charge is 0.480 e. The van der Waals surface area contributed by atoms with Crippen molar-refractivity contribution in [3.8, 4) is 0 Å². The van der Waals surface area contributed by atoms with Gasteiger partial charge in [0.1, 0.15) is 6.54 Å². The fourth-order valence-electron chi connectivity index (χ4n) is 3.97. The van der Waals surface area contributed by atoms with Gasteiger partial charge in [-0.25, -0.2) is 0 Å². The van der Waals surface area contributed by atoms with E-state index in [0.29, 0.717) is 23.6 Å². The Bertz CT molecular complexity index is 815. The van der Waals surface area contributed by atoms with Gasteiger partial charge in [-0.2, -0.15) is 0 Å². The number of Topliss-reactive ketones (excluding diaryl/α,β-unsaturated/α-hetero) is 1. The molecule has 0 spiro atoms. The zero-order valence-corrected chi connectivity index (χ0v) is 17.2. The zero-order valence-electron chi connectivity index (χ0n) is 17.2. The number of carbonyl (C=O) groups excluding carboxylic acids is 1. The third-order valence-electron chi connectivity index (χ3n) is 5.63. The van der Waals surface area contributed by atoms with E-state index in [9.17, 15) is 14.7 Å². The second kappa shape index (κ2) is 10.9. The van der Waals surface area contributed by atoms with Crippen LogP contribution in [0.3, 0.4) is 0 Å². The molecule has 0 bridgehead atoms. The Morgan fingerprint density at radius 2 is 1.70 bits per heavy atom. The summed E-state index contributed by atoms with van der Waals surface area (Å²) in [4.78, 5) is 25.5. The van der Waals surface area contributed by atoms with Crippen molar-refractivity contribution in [1.82, 2.24) is 4.90 Å². The maximum atomic E-state index is 12.4. The van der Waals surface area contributed by atoms with E-state index >= 15 is 0 Å². The molecule has 3 N–H and O–H groups in total. The predicted molar refractivity (Wildman–Crippen MR) is 117 cm³/mol. The summed E-state index contributed by atoms with van der Waals surface area (Å²) in [6.07, 6.45) is 2.23. The number of ketones is 1. The molecule has 6 nitrogen and oxygen atoms in total. The number of likely N-dealkylation sites (tertiary alicyclic amines) is 1. The monoisotopic (exact) mass is 410 g/mol. The molecule has 6 heteroatoms. The highest BCUT2D eigenvalue weighted by Crippen LogP contribution is 2.24. The third kappa shape index (κ3) is 6.97. The Balaban J connectivity index is 1.39. The lowest BCUT2D eigenvalue weighted by Crippen LogP contribution is -2.34. The number of rotatable bonds is 10. The van der Waals surface area contributed by atoms with Crippen molar-refractivity contribution in [3.05, 3.63) is 65.7 Å². The second-order valence-electron chi connectivity index (χ2n) is 8.05. The fraction of sp³-hybridized carbons (Fsp3) is 0.417. The van der Waals surface area contributed by atoms with E-state index < -0.39 is 12.1 Å². The van der Waals surface area contributed by atoms with Crippen molar-refractivity contribution in [2.45, 2.75) is 38.3 Å². The smallest absolute Gasteiger partial charge is 0.322 e. The van der Waals surface area contributed by atoms with E-state index in [1.54, 1.807) is 24.3 Å². The molecular formula is C24H30N2O4. The van der Waals surface area contributed by atoms with E-state index in [4.69, 9.17) is 5.11 Å². The molecule has 1 saturated heterocycles. The number of benzene rings is 2. The van der Waals surface area contributed by atoms with Crippen molar-refractivity contribution in [2.24, 2.45) is 5.92 Å². The first-order valence-electron chi connectivity index (χ1n) is 10.5. The molecular weight excluding hydrogens is 380 g/mol. The summed E-state index contributed by atoms with van der Waals surface area (Å²) in [5.74, 6) is -0.583. The van der Waals surface area contributed by atoms with Gasteiger partial charge in [0.05, 0.1) is 6.10 Å². The molecule has 3 rings (SSSR count). The molecule has 2 aromatic carbocycles. The molecule has 0 aromatic heterocycles. The Kier molecular flexibility index (Phi) is 7.99. The average Bonchev–Trinajstić information content (AvgIpc) is 2.74. The van der Waals surface area contributed by atoms with E-state index in [-0.39, 0.29) is 18.7 Å². The van der Waals surface area contributed by atoms with Crippen molar-refractivity contribution < 1.29 is 19.8 Å². The van der Waals surface area contributed by atoms with Crippen LogP contribution in [0.2, 0.25) is 0 Å². The standard InChI is InChI=1S/C24H30N2O4/c27-22(15-23(28)20-6-8-21(9-7-20)25-16-24(29)30)14-18-10-12-26(13-11-18)17-19-4-2-1-3-5-19/h1-9,18,22,25,27H,10-17H2,(H,29,30). The summed E-state index contributed by atoms with van der Waals surface area (Å²) in [7, 11) is 0. The number of carboxylic acid groups (broad SMARTS) is 1. The van der Waals surface area contributed by atoms with Gasteiger partial charge in [0.2, 0.25) is 0 Å². The number of aliphatic carboxylic acids is 1. The number of aliphatic hydroxyl groups is 1. The molecule has 1 atom stereocenters. The Morgan fingerprint density at radius 1 is 1.03 bits per heavy atom. The molecule has 1 aliphatic heterocycles. The minimum Gasteiger partial charge on any atom is -0.480 e. The van der Waals surface area contributed by atoms with Gasteiger partial charge >= 0.3 is 5.97 Å². The number of hydrogen-bond acceptors (Lipinski definition) is 5. The molecule has 0 radical (unpaired) electrons. The minimum atomic E-state index is -0.941. The number of piperidine rings is 1. The van der Waals surface area contributed by atoms with Crippen LogP contribution in [-0.4, -0.2) is 52.6 Å². The predicted octanol–water partition coefficient (Wildman–Crippen LogP) is 3.42. The highest BCUT2D eigenvalue weighted by atomic mass is 16.4. The first-order chi connectivity index (χ1) is 14.5.